The van der Waals surface area contributed by atoms with Crippen molar-refractivity contribution in [2.75, 3.05) is 6.54 Å². The van der Waals surface area contributed by atoms with Crippen molar-refractivity contribution in [1.29, 1.82) is 0 Å². The van der Waals surface area contributed by atoms with Gasteiger partial charge < -0.3 is 10.2 Å². The van der Waals surface area contributed by atoms with E-state index in [-0.39, 0.29) is 6.03 Å². The fraction of sp³-hybridized carbons (Fsp3) is 0.583. The normalized spacial score (nSPS) is 19.7. The maximum Gasteiger partial charge on any atom is 0.317 e. The third-order valence-corrected chi connectivity index (χ3v) is 3.57. The summed E-state index contributed by atoms with van der Waals surface area (Å²) in [6.45, 7) is 3.36. The first kappa shape index (κ1) is 13.3. The highest BCUT2D eigenvalue weighted by Gasteiger charge is 2.22. The lowest BCUT2D eigenvalue weighted by atomic mass is 10.0. The Morgan fingerprint density at radius 3 is 3.00 bits per heavy atom. The first-order valence-electron chi connectivity index (χ1n) is 6.17. The molecule has 1 N–H and O–H groups in total. The van der Waals surface area contributed by atoms with Crippen LogP contribution in [0, 0.1) is 0 Å². The molecule has 2 rings (SSSR count). The van der Waals surface area contributed by atoms with E-state index in [2.05, 4.69) is 38.1 Å². The molecular weight excluding hydrogens is 296 g/mol. The van der Waals surface area contributed by atoms with Crippen LogP contribution in [0.1, 0.15) is 31.9 Å². The molecule has 0 aromatic carbocycles. The Labute approximate surface area is 115 Å². The zero-order chi connectivity index (χ0) is 13.0. The van der Waals surface area contributed by atoms with E-state index < -0.39 is 0 Å². The lowest BCUT2D eigenvalue weighted by Crippen LogP contribution is -2.47. The SMILES string of the molecule is CC1CCCCN1C(=O)NCc1cnc(Br)cn1. The van der Waals surface area contributed by atoms with Gasteiger partial charge in [-0.2, -0.15) is 0 Å². The number of piperidine rings is 1. The molecule has 1 atom stereocenters. The Hall–Kier alpha value is -1.17. The maximum absolute atomic E-state index is 12.0. The van der Waals surface area contributed by atoms with Crippen LogP contribution >= 0.6 is 15.9 Å². The molecule has 0 radical (unpaired) electrons. The van der Waals surface area contributed by atoms with Crippen LogP contribution in [-0.2, 0) is 6.54 Å². The zero-order valence-corrected chi connectivity index (χ0v) is 12.0. The molecule has 5 nitrogen and oxygen atoms in total. The van der Waals surface area contributed by atoms with Crippen molar-refractivity contribution in [3.05, 3.63) is 22.7 Å². The predicted octanol–water partition coefficient (Wildman–Crippen LogP) is 2.32. The van der Waals surface area contributed by atoms with E-state index in [1.807, 2.05) is 4.90 Å². The van der Waals surface area contributed by atoms with Crippen molar-refractivity contribution < 1.29 is 4.79 Å². The molecule has 0 saturated carbocycles. The number of carbonyl (C=O) groups excluding carboxylic acids is 1. The summed E-state index contributed by atoms with van der Waals surface area (Å²) in [7, 11) is 0. The average molecular weight is 313 g/mol. The molecule has 0 spiro atoms. The summed E-state index contributed by atoms with van der Waals surface area (Å²) >= 11 is 3.23. The molecule has 98 valence electrons. The van der Waals surface area contributed by atoms with E-state index in [9.17, 15) is 4.79 Å². The van der Waals surface area contributed by atoms with Gasteiger partial charge >= 0.3 is 6.03 Å². The predicted molar refractivity (Wildman–Crippen MR) is 72.0 cm³/mol. The van der Waals surface area contributed by atoms with Crippen LogP contribution in [0.2, 0.25) is 0 Å². The average Bonchev–Trinajstić information content (AvgIpc) is 2.38. The van der Waals surface area contributed by atoms with Crippen molar-refractivity contribution in [2.45, 2.75) is 38.8 Å². The lowest BCUT2D eigenvalue weighted by molar-refractivity contribution is 0.157. The summed E-state index contributed by atoms with van der Waals surface area (Å²) in [6.07, 6.45) is 6.68. The fourth-order valence-corrected chi connectivity index (χ4v) is 2.30. The molecule has 1 saturated heterocycles. The van der Waals surface area contributed by atoms with Crippen molar-refractivity contribution in [3.8, 4) is 0 Å². The van der Waals surface area contributed by atoms with Gasteiger partial charge in [-0.3, -0.25) is 4.98 Å². The summed E-state index contributed by atoms with van der Waals surface area (Å²) < 4.78 is 0.697. The van der Waals surface area contributed by atoms with Gasteiger partial charge in [-0.25, -0.2) is 9.78 Å². The first-order valence-corrected chi connectivity index (χ1v) is 6.97. The highest BCUT2D eigenvalue weighted by atomic mass is 79.9. The zero-order valence-electron chi connectivity index (χ0n) is 10.4. The fourth-order valence-electron chi connectivity index (χ4n) is 2.10. The molecule has 1 aromatic heterocycles. The summed E-state index contributed by atoms with van der Waals surface area (Å²) in [4.78, 5) is 22.2. The quantitative estimate of drug-likeness (QED) is 0.911. The monoisotopic (exact) mass is 312 g/mol. The van der Waals surface area contributed by atoms with Crippen LogP contribution in [0.5, 0.6) is 0 Å². The maximum atomic E-state index is 12.0. The number of likely N-dealkylation sites (tertiary alicyclic amines) is 1. The van der Waals surface area contributed by atoms with Gasteiger partial charge in [0.15, 0.2) is 0 Å². The van der Waals surface area contributed by atoms with Crippen LogP contribution in [0.15, 0.2) is 17.0 Å². The van der Waals surface area contributed by atoms with Gasteiger partial charge in [-0.1, -0.05) is 0 Å². The smallest absolute Gasteiger partial charge is 0.317 e. The topological polar surface area (TPSA) is 58.1 Å². The number of carbonyl (C=O) groups is 1. The number of amides is 2. The van der Waals surface area contributed by atoms with Crippen molar-refractivity contribution in [3.63, 3.8) is 0 Å². The number of nitrogens with one attached hydrogen (secondary N) is 1. The van der Waals surface area contributed by atoms with E-state index in [1.165, 1.54) is 6.42 Å². The Balaban J connectivity index is 1.85. The van der Waals surface area contributed by atoms with Gasteiger partial charge in [-0.05, 0) is 42.1 Å². The van der Waals surface area contributed by atoms with Crippen LogP contribution in [-0.4, -0.2) is 33.5 Å². The Kier molecular flexibility index (Phi) is 4.52. The molecule has 2 heterocycles. The van der Waals surface area contributed by atoms with Crippen molar-refractivity contribution in [2.24, 2.45) is 0 Å². The molecule has 1 aliphatic heterocycles. The number of hydrogen-bond acceptors (Lipinski definition) is 3. The van der Waals surface area contributed by atoms with Gasteiger partial charge in [0.2, 0.25) is 0 Å². The first-order chi connectivity index (χ1) is 8.66. The van der Waals surface area contributed by atoms with Crippen LogP contribution in [0.25, 0.3) is 0 Å². The third kappa shape index (κ3) is 3.41. The molecule has 1 aliphatic rings. The minimum Gasteiger partial charge on any atom is -0.332 e. The second-order valence-electron chi connectivity index (χ2n) is 4.53. The van der Waals surface area contributed by atoms with Gasteiger partial charge in [0, 0.05) is 12.6 Å². The minimum atomic E-state index is -0.00748. The number of urea groups is 1. The Bertz CT molecular complexity index is 409. The summed E-state index contributed by atoms with van der Waals surface area (Å²) in [5.74, 6) is 0. The van der Waals surface area contributed by atoms with E-state index in [0.29, 0.717) is 17.2 Å². The number of rotatable bonds is 2. The van der Waals surface area contributed by atoms with Gasteiger partial charge in [0.25, 0.3) is 0 Å². The molecule has 1 aromatic rings. The molecule has 6 heteroatoms. The van der Waals surface area contributed by atoms with E-state index >= 15 is 0 Å². The van der Waals surface area contributed by atoms with Crippen molar-refractivity contribution in [1.82, 2.24) is 20.2 Å². The van der Waals surface area contributed by atoms with Gasteiger partial charge in [0.1, 0.15) is 4.60 Å². The molecular formula is C12H17BrN4O. The second-order valence-corrected chi connectivity index (χ2v) is 5.34. The van der Waals surface area contributed by atoms with E-state index in [4.69, 9.17) is 0 Å². The van der Waals surface area contributed by atoms with Crippen LogP contribution < -0.4 is 5.32 Å². The van der Waals surface area contributed by atoms with Gasteiger partial charge in [-0.15, -0.1) is 0 Å². The number of aromatic nitrogens is 2. The molecule has 0 bridgehead atoms. The summed E-state index contributed by atoms with van der Waals surface area (Å²) in [5.41, 5.74) is 0.760. The molecule has 1 unspecified atom stereocenters. The van der Waals surface area contributed by atoms with Crippen LogP contribution in [0.3, 0.4) is 0 Å². The molecule has 0 aliphatic carbocycles. The van der Waals surface area contributed by atoms with E-state index in [0.717, 1.165) is 25.1 Å². The minimum absolute atomic E-state index is 0.00748. The number of halogens is 1. The molecule has 2 amide bonds. The van der Waals surface area contributed by atoms with Crippen LogP contribution in [0.4, 0.5) is 4.79 Å². The third-order valence-electron chi connectivity index (χ3n) is 3.16. The second kappa shape index (κ2) is 6.13. The van der Waals surface area contributed by atoms with Gasteiger partial charge in [0.05, 0.1) is 24.6 Å². The highest BCUT2D eigenvalue weighted by molar-refractivity contribution is 9.10. The lowest BCUT2D eigenvalue weighted by Gasteiger charge is -2.33. The Morgan fingerprint density at radius 1 is 1.50 bits per heavy atom. The van der Waals surface area contributed by atoms with Crippen molar-refractivity contribution >= 4 is 22.0 Å². The Morgan fingerprint density at radius 2 is 2.33 bits per heavy atom. The van der Waals surface area contributed by atoms with E-state index in [1.54, 1.807) is 12.4 Å². The highest BCUT2D eigenvalue weighted by Crippen LogP contribution is 2.16. The number of nitrogens with zero attached hydrogens (tertiary/aromatic N) is 3. The summed E-state index contributed by atoms with van der Waals surface area (Å²) in [6, 6.07) is 0.321. The molecule has 18 heavy (non-hydrogen) atoms. The molecule has 1 fully saturated rings. The number of hydrogen-bond donors (Lipinski definition) is 1. The standard InChI is InChI=1S/C12H17BrN4O/c1-9-4-2-3-5-17(9)12(18)16-7-10-6-15-11(13)8-14-10/h6,8-9H,2-5,7H2,1H3,(H,16,18). The summed E-state index contributed by atoms with van der Waals surface area (Å²) in [5, 5.41) is 2.89. The largest absolute Gasteiger partial charge is 0.332 e.